The van der Waals surface area contributed by atoms with E-state index in [-0.39, 0.29) is 30.0 Å². The number of carbonyl (C=O) groups excluding carboxylic acids is 1. The van der Waals surface area contributed by atoms with Crippen molar-refractivity contribution in [2.75, 3.05) is 6.54 Å². The molecule has 176 valence electrons. The molecular weight excluding hydrogens is 456 g/mol. The van der Waals surface area contributed by atoms with Crippen LogP contribution in [-0.4, -0.2) is 34.5 Å². The predicted octanol–water partition coefficient (Wildman–Crippen LogP) is 5.42. The van der Waals surface area contributed by atoms with Crippen LogP contribution in [0.2, 0.25) is 0 Å². The van der Waals surface area contributed by atoms with Gasteiger partial charge in [-0.15, -0.1) is 0 Å². The van der Waals surface area contributed by atoms with Crippen LogP contribution in [0.3, 0.4) is 0 Å². The van der Waals surface area contributed by atoms with E-state index < -0.39 is 23.6 Å². The fourth-order valence-electron chi connectivity index (χ4n) is 4.09. The fourth-order valence-corrected chi connectivity index (χ4v) is 4.09. The number of furan rings is 1. The summed E-state index contributed by atoms with van der Waals surface area (Å²) in [5, 5.41) is 9.38. The summed E-state index contributed by atoms with van der Waals surface area (Å²) in [4.78, 5) is 25.5. The molecule has 0 aliphatic carbocycles. The second kappa shape index (κ2) is 9.06. The molecule has 0 fully saturated rings. The molecule has 8 heteroatoms. The summed E-state index contributed by atoms with van der Waals surface area (Å²) < 4.78 is 39.2. The van der Waals surface area contributed by atoms with E-state index in [1.807, 2.05) is 0 Å². The van der Waals surface area contributed by atoms with E-state index in [1.54, 1.807) is 54.6 Å². The van der Waals surface area contributed by atoms with Crippen molar-refractivity contribution in [1.29, 1.82) is 0 Å². The maximum atomic E-state index is 14.0. The molecule has 1 atom stereocenters. The van der Waals surface area contributed by atoms with Gasteiger partial charge in [-0.2, -0.15) is 0 Å². The number of amides is 1. The van der Waals surface area contributed by atoms with Crippen LogP contribution in [0.25, 0.3) is 22.1 Å². The van der Waals surface area contributed by atoms with Gasteiger partial charge in [0.2, 0.25) is 0 Å². The minimum Gasteiger partial charge on any atom is -0.489 e. The number of hydrogen-bond acceptors (Lipinski definition) is 4. The van der Waals surface area contributed by atoms with Crippen molar-refractivity contribution in [3.05, 3.63) is 102 Å². The lowest BCUT2D eigenvalue weighted by Crippen LogP contribution is -2.40. The monoisotopic (exact) mass is 475 g/mol. The Kier molecular flexibility index (Phi) is 5.78. The molecule has 1 aliphatic rings. The number of rotatable bonds is 6. The van der Waals surface area contributed by atoms with Gasteiger partial charge in [-0.05, 0) is 47.5 Å². The van der Waals surface area contributed by atoms with Crippen molar-refractivity contribution in [3.63, 3.8) is 0 Å². The van der Waals surface area contributed by atoms with Gasteiger partial charge in [-0.3, -0.25) is 4.79 Å². The molecule has 6 nitrogen and oxygen atoms in total. The highest BCUT2D eigenvalue weighted by molar-refractivity contribution is 5.98. The molecule has 0 spiro atoms. The predicted molar refractivity (Wildman–Crippen MR) is 124 cm³/mol. The van der Waals surface area contributed by atoms with Gasteiger partial charge in [0, 0.05) is 17.7 Å². The first-order chi connectivity index (χ1) is 16.9. The summed E-state index contributed by atoms with van der Waals surface area (Å²) in [5.41, 5.74) is 2.43. The third-order valence-corrected chi connectivity index (χ3v) is 5.84. The van der Waals surface area contributed by atoms with Crippen molar-refractivity contribution in [2.24, 2.45) is 0 Å². The largest absolute Gasteiger partial charge is 0.489 e. The average Bonchev–Trinajstić information content (AvgIpc) is 3.56. The Morgan fingerprint density at radius 2 is 1.89 bits per heavy atom. The standard InChI is InChI=1S/C27H19F2NO5/c28-22-14-21(25-20(24(22)29)10-12-34-25)17-6-8-19(9-7-17)35-15-16-3-1-4-18(13-16)26(31)30-11-2-5-23(30)27(32)33/h1-10,12-14,23H,11,15H2,(H,32,33)/t23-/m0/s1. The summed E-state index contributed by atoms with van der Waals surface area (Å²) in [6.45, 7) is 0.416. The number of ether oxygens (including phenoxy) is 1. The van der Waals surface area contributed by atoms with Gasteiger partial charge in [-0.1, -0.05) is 36.4 Å². The van der Waals surface area contributed by atoms with Crippen LogP contribution in [0.1, 0.15) is 15.9 Å². The van der Waals surface area contributed by atoms with Gasteiger partial charge < -0.3 is 19.2 Å². The highest BCUT2D eigenvalue weighted by Crippen LogP contribution is 2.33. The highest BCUT2D eigenvalue weighted by Gasteiger charge is 2.30. The second-order valence-electron chi connectivity index (χ2n) is 8.07. The maximum absolute atomic E-state index is 14.0. The summed E-state index contributed by atoms with van der Waals surface area (Å²) in [6.07, 6.45) is 4.47. The van der Waals surface area contributed by atoms with Gasteiger partial charge in [0.15, 0.2) is 11.6 Å². The normalized spacial score (nSPS) is 15.0. The summed E-state index contributed by atoms with van der Waals surface area (Å²) >= 11 is 0. The van der Waals surface area contributed by atoms with Crippen molar-refractivity contribution in [1.82, 2.24) is 4.90 Å². The van der Waals surface area contributed by atoms with Crippen LogP contribution in [0.4, 0.5) is 8.78 Å². The summed E-state index contributed by atoms with van der Waals surface area (Å²) in [5.74, 6) is -2.81. The van der Waals surface area contributed by atoms with Gasteiger partial charge in [0.1, 0.15) is 24.0 Å². The maximum Gasteiger partial charge on any atom is 0.330 e. The molecule has 3 aromatic carbocycles. The molecule has 1 amide bonds. The Morgan fingerprint density at radius 1 is 1.09 bits per heavy atom. The summed E-state index contributed by atoms with van der Waals surface area (Å²) in [7, 11) is 0. The van der Waals surface area contributed by atoms with Crippen molar-refractivity contribution >= 4 is 22.8 Å². The number of benzene rings is 3. The lowest BCUT2D eigenvalue weighted by atomic mass is 10.0. The average molecular weight is 475 g/mol. The Bertz CT molecular complexity index is 1460. The number of aliphatic carboxylic acids is 1. The number of hydrogen-bond donors (Lipinski definition) is 1. The van der Waals surface area contributed by atoms with E-state index in [0.717, 1.165) is 11.6 Å². The van der Waals surface area contributed by atoms with Crippen LogP contribution in [0.15, 0.2) is 83.5 Å². The van der Waals surface area contributed by atoms with Gasteiger partial charge in [0.05, 0.1) is 11.6 Å². The molecule has 4 aromatic rings. The lowest BCUT2D eigenvalue weighted by Gasteiger charge is -2.21. The Labute approximate surface area is 198 Å². The number of halogens is 2. The number of carbonyl (C=O) groups is 2. The zero-order valence-electron chi connectivity index (χ0n) is 18.3. The minimum atomic E-state index is -1.08. The molecule has 35 heavy (non-hydrogen) atoms. The molecule has 2 heterocycles. The second-order valence-corrected chi connectivity index (χ2v) is 8.07. The Hall–Kier alpha value is -4.46. The first kappa shape index (κ1) is 22.3. The van der Waals surface area contributed by atoms with Gasteiger partial charge in [-0.25, -0.2) is 13.6 Å². The van der Waals surface area contributed by atoms with Crippen LogP contribution in [0.5, 0.6) is 5.75 Å². The van der Waals surface area contributed by atoms with E-state index >= 15 is 0 Å². The van der Waals surface area contributed by atoms with Crippen LogP contribution >= 0.6 is 0 Å². The molecule has 0 radical (unpaired) electrons. The number of carboxylic acid groups (broad SMARTS) is 1. The first-order valence-electron chi connectivity index (χ1n) is 10.8. The van der Waals surface area contributed by atoms with E-state index in [9.17, 15) is 23.5 Å². The van der Waals surface area contributed by atoms with E-state index in [4.69, 9.17) is 9.15 Å². The van der Waals surface area contributed by atoms with E-state index in [2.05, 4.69) is 0 Å². The number of carboxylic acids is 1. The van der Waals surface area contributed by atoms with Crippen LogP contribution in [-0.2, 0) is 11.4 Å². The Balaban J connectivity index is 1.29. The molecular formula is C27H19F2NO5. The highest BCUT2D eigenvalue weighted by atomic mass is 19.2. The topological polar surface area (TPSA) is 80.0 Å². The molecule has 0 bridgehead atoms. The van der Waals surface area contributed by atoms with Crippen molar-refractivity contribution < 1.29 is 32.6 Å². The molecule has 1 aliphatic heterocycles. The van der Waals surface area contributed by atoms with Crippen LogP contribution in [0, 0.1) is 11.6 Å². The molecule has 5 rings (SSSR count). The van der Waals surface area contributed by atoms with E-state index in [0.29, 0.717) is 22.4 Å². The molecule has 1 N–H and O–H groups in total. The zero-order chi connectivity index (χ0) is 24.5. The molecule has 0 saturated carbocycles. The van der Waals surface area contributed by atoms with E-state index in [1.165, 1.54) is 23.3 Å². The lowest BCUT2D eigenvalue weighted by molar-refractivity contribution is -0.140. The third-order valence-electron chi connectivity index (χ3n) is 5.84. The quantitative estimate of drug-likeness (QED) is 0.377. The summed E-state index contributed by atoms with van der Waals surface area (Å²) in [6, 6.07) is 15.2. The first-order valence-corrected chi connectivity index (χ1v) is 10.8. The minimum absolute atomic E-state index is 0.0779. The van der Waals surface area contributed by atoms with Crippen LogP contribution < -0.4 is 4.74 Å². The number of fused-ring (bicyclic) bond motifs is 1. The fraction of sp³-hybridized carbons (Fsp3) is 0.111. The zero-order valence-corrected chi connectivity index (χ0v) is 18.3. The Morgan fingerprint density at radius 3 is 2.66 bits per heavy atom. The van der Waals surface area contributed by atoms with Gasteiger partial charge in [0.25, 0.3) is 5.91 Å². The number of nitrogens with zero attached hydrogens (tertiary/aromatic N) is 1. The molecule has 0 unspecified atom stereocenters. The third kappa shape index (κ3) is 4.26. The van der Waals surface area contributed by atoms with Crippen molar-refractivity contribution in [3.8, 4) is 16.9 Å². The van der Waals surface area contributed by atoms with Crippen molar-refractivity contribution in [2.45, 2.75) is 12.6 Å². The molecule has 1 aromatic heterocycles. The smallest absolute Gasteiger partial charge is 0.330 e. The molecule has 0 saturated heterocycles. The SMILES string of the molecule is O=C(O)[C@@H]1C=CCN1C(=O)c1cccc(COc2ccc(-c3cc(F)c(F)c4ccoc34)cc2)c1. The van der Waals surface area contributed by atoms with Gasteiger partial charge >= 0.3 is 5.97 Å².